The highest BCUT2D eigenvalue weighted by atomic mass is 16.8. The highest BCUT2D eigenvalue weighted by Gasteiger charge is 2.42. The number of hydroxylamine groups is 1. The van der Waals surface area contributed by atoms with Crippen molar-refractivity contribution in [2.24, 2.45) is 5.16 Å². The van der Waals surface area contributed by atoms with E-state index in [1.165, 1.54) is 24.1 Å². The highest BCUT2D eigenvalue weighted by Crippen LogP contribution is 2.32. The summed E-state index contributed by atoms with van der Waals surface area (Å²) in [4.78, 5) is 9.09. The molecule has 0 fully saturated rings. The molecule has 1 unspecified atom stereocenters. The van der Waals surface area contributed by atoms with E-state index < -0.39 is 6.04 Å². The first-order valence-corrected chi connectivity index (χ1v) is 5.27. The number of nitrogens with zero attached hydrogens (tertiary/aromatic N) is 8. The van der Waals surface area contributed by atoms with E-state index in [-0.39, 0.29) is 17.5 Å². The molecule has 4 rings (SSSR count). The summed E-state index contributed by atoms with van der Waals surface area (Å²) in [7, 11) is 0. The van der Waals surface area contributed by atoms with E-state index in [1.54, 1.807) is 0 Å². The van der Waals surface area contributed by atoms with Gasteiger partial charge in [-0.15, -0.1) is 15.3 Å². The second kappa shape index (κ2) is 4.11. The van der Waals surface area contributed by atoms with Crippen LogP contribution < -0.4 is 5.06 Å². The van der Waals surface area contributed by atoms with Gasteiger partial charge in [-0.25, -0.2) is 0 Å². The molecule has 100 valence electrons. The Morgan fingerprint density at radius 3 is 2.85 bits per heavy atom. The first-order chi connectivity index (χ1) is 9.93. The molecule has 0 amide bonds. The Morgan fingerprint density at radius 1 is 1.15 bits per heavy atom. The topological polar surface area (TPSA) is 142 Å². The van der Waals surface area contributed by atoms with Crippen LogP contribution in [-0.4, -0.2) is 36.4 Å². The van der Waals surface area contributed by atoms with Gasteiger partial charge in [-0.2, -0.15) is 4.98 Å². The van der Waals surface area contributed by atoms with Crippen molar-refractivity contribution in [2.75, 3.05) is 5.06 Å². The molecule has 12 nitrogen and oxygen atoms in total. The van der Waals surface area contributed by atoms with Gasteiger partial charge in [0.2, 0.25) is 30.3 Å². The number of rotatable bonds is 3. The lowest BCUT2D eigenvalue weighted by molar-refractivity contribution is 0.124. The van der Waals surface area contributed by atoms with Crippen LogP contribution in [0.15, 0.2) is 37.7 Å². The predicted molar refractivity (Wildman–Crippen MR) is 55.7 cm³/mol. The molecule has 0 bridgehead atoms. The van der Waals surface area contributed by atoms with E-state index in [0.29, 0.717) is 5.71 Å². The Balaban J connectivity index is 1.78. The first-order valence-electron chi connectivity index (χ1n) is 5.27. The molecule has 1 aliphatic rings. The number of anilines is 1. The predicted octanol–water partition coefficient (Wildman–Crippen LogP) is -0.267. The lowest BCUT2D eigenvalue weighted by Gasteiger charge is -2.15. The van der Waals surface area contributed by atoms with Gasteiger partial charge in [-0.3, -0.25) is 4.94 Å². The normalized spacial score (nSPS) is 18.1. The van der Waals surface area contributed by atoms with E-state index in [9.17, 15) is 0 Å². The molecular formula is C8H4N8O4. The Labute approximate surface area is 108 Å². The Hall–Kier alpha value is -3.31. The maximum Gasteiger partial charge on any atom is 0.248 e. The molecule has 0 N–H and O–H groups in total. The summed E-state index contributed by atoms with van der Waals surface area (Å²) in [5, 5.41) is 23.4. The summed E-state index contributed by atoms with van der Waals surface area (Å²) < 4.78 is 14.5. The summed E-state index contributed by atoms with van der Waals surface area (Å²) in [5.74, 6) is 0.719. The fourth-order valence-corrected chi connectivity index (χ4v) is 1.69. The van der Waals surface area contributed by atoms with Gasteiger partial charge in [0, 0.05) is 5.27 Å². The third kappa shape index (κ3) is 1.51. The van der Waals surface area contributed by atoms with Crippen LogP contribution in [0.1, 0.15) is 17.8 Å². The minimum absolute atomic E-state index is 0.217. The van der Waals surface area contributed by atoms with Crippen LogP contribution in [-0.2, 0) is 4.94 Å². The third-order valence-corrected chi connectivity index (χ3v) is 2.50. The number of oxime groups is 1. The number of hydrogen-bond acceptors (Lipinski definition) is 12. The Bertz CT molecular complexity index is 706. The largest absolute Gasteiger partial charge is 0.425 e. The fraction of sp³-hybridized carbons (Fsp3) is 0.125. The minimum atomic E-state index is -0.693. The summed E-state index contributed by atoms with van der Waals surface area (Å²) in [5.41, 5.74) is 0.325. The monoisotopic (exact) mass is 276 g/mol. The van der Waals surface area contributed by atoms with Gasteiger partial charge in [0.1, 0.15) is 0 Å². The van der Waals surface area contributed by atoms with Gasteiger partial charge < -0.3 is 13.5 Å². The lowest BCUT2D eigenvalue weighted by atomic mass is 10.1. The lowest BCUT2D eigenvalue weighted by Crippen LogP contribution is -2.28. The molecule has 0 saturated carbocycles. The molecular weight excluding hydrogens is 272 g/mol. The molecule has 1 atom stereocenters. The van der Waals surface area contributed by atoms with E-state index in [4.69, 9.17) is 9.36 Å². The quantitative estimate of drug-likeness (QED) is 0.623. The zero-order valence-corrected chi connectivity index (χ0v) is 9.52. The average Bonchev–Trinajstić information content (AvgIpc) is 3.23. The minimum Gasteiger partial charge on any atom is -0.425 e. The Kier molecular flexibility index (Phi) is 2.18. The standard InChI is InChI=1S/C8H4N8O4/c1-4(11-15-18-1)16-6(8-12-10-3-17-8)5(13-20-16)7-9-2-19-14-7/h1-3,6H. The first kappa shape index (κ1) is 10.6. The van der Waals surface area contributed by atoms with Gasteiger partial charge in [0.05, 0.1) is 0 Å². The van der Waals surface area contributed by atoms with Gasteiger partial charge in [-0.1, -0.05) is 15.4 Å². The van der Waals surface area contributed by atoms with E-state index in [0.717, 1.165) is 0 Å². The second-order valence-electron chi connectivity index (χ2n) is 3.58. The molecule has 20 heavy (non-hydrogen) atoms. The van der Waals surface area contributed by atoms with Crippen molar-refractivity contribution in [1.82, 2.24) is 30.7 Å². The van der Waals surface area contributed by atoms with Gasteiger partial charge >= 0.3 is 0 Å². The van der Waals surface area contributed by atoms with Crippen LogP contribution in [0.2, 0.25) is 0 Å². The van der Waals surface area contributed by atoms with Crippen molar-refractivity contribution in [1.29, 1.82) is 0 Å². The van der Waals surface area contributed by atoms with E-state index >= 15 is 0 Å². The van der Waals surface area contributed by atoms with Crippen molar-refractivity contribution in [2.45, 2.75) is 6.04 Å². The molecule has 1 aliphatic heterocycles. The molecule has 0 saturated heterocycles. The van der Waals surface area contributed by atoms with Crippen LogP contribution in [0, 0.1) is 0 Å². The van der Waals surface area contributed by atoms with Crippen LogP contribution in [0.4, 0.5) is 5.82 Å². The van der Waals surface area contributed by atoms with Crippen molar-refractivity contribution < 1.29 is 18.4 Å². The van der Waals surface area contributed by atoms with Gasteiger partial charge in [0.25, 0.3) is 0 Å². The molecule has 4 heterocycles. The van der Waals surface area contributed by atoms with E-state index in [1.807, 2.05) is 0 Å². The van der Waals surface area contributed by atoms with E-state index in [2.05, 4.69) is 44.9 Å². The summed E-state index contributed by atoms with van der Waals surface area (Å²) in [6.07, 6.45) is 3.63. The SMILES string of the molecule is c1nc(C2=NON(c3conn3)C2c2nnco2)no1. The summed E-state index contributed by atoms with van der Waals surface area (Å²) in [6, 6.07) is -0.693. The fourth-order valence-electron chi connectivity index (χ4n) is 1.69. The van der Waals surface area contributed by atoms with Crippen molar-refractivity contribution >= 4 is 11.5 Å². The van der Waals surface area contributed by atoms with Crippen LogP contribution in [0.25, 0.3) is 0 Å². The van der Waals surface area contributed by atoms with Crippen molar-refractivity contribution in [3.8, 4) is 0 Å². The van der Waals surface area contributed by atoms with Gasteiger partial charge in [0.15, 0.2) is 18.0 Å². The van der Waals surface area contributed by atoms with Gasteiger partial charge in [-0.05, 0) is 0 Å². The highest BCUT2D eigenvalue weighted by molar-refractivity contribution is 6.03. The van der Waals surface area contributed by atoms with Crippen LogP contribution in [0.3, 0.4) is 0 Å². The average molecular weight is 276 g/mol. The summed E-state index contributed by atoms with van der Waals surface area (Å²) in [6.45, 7) is 0. The maximum absolute atomic E-state index is 5.18. The summed E-state index contributed by atoms with van der Waals surface area (Å²) >= 11 is 0. The number of hydrogen-bond donors (Lipinski definition) is 0. The van der Waals surface area contributed by atoms with Crippen molar-refractivity contribution in [3.63, 3.8) is 0 Å². The molecule has 3 aromatic rings. The second-order valence-corrected chi connectivity index (χ2v) is 3.58. The smallest absolute Gasteiger partial charge is 0.248 e. The molecule has 3 aromatic heterocycles. The molecule has 12 heteroatoms. The maximum atomic E-state index is 5.18. The van der Waals surface area contributed by atoms with Crippen molar-refractivity contribution in [3.05, 3.63) is 30.8 Å². The molecule has 0 aromatic carbocycles. The molecule has 0 aliphatic carbocycles. The zero-order chi connectivity index (χ0) is 13.4. The Morgan fingerprint density at radius 2 is 2.15 bits per heavy atom. The zero-order valence-electron chi connectivity index (χ0n) is 9.52. The third-order valence-electron chi connectivity index (χ3n) is 2.50. The molecule has 0 spiro atoms. The molecule has 0 radical (unpaired) electrons. The number of aromatic nitrogens is 6. The van der Waals surface area contributed by atoms with Crippen LogP contribution >= 0.6 is 0 Å². The van der Waals surface area contributed by atoms with Crippen LogP contribution in [0.5, 0.6) is 0 Å².